The van der Waals surface area contributed by atoms with Crippen molar-refractivity contribution in [2.75, 3.05) is 39.5 Å². The second kappa shape index (κ2) is 13.7. The van der Waals surface area contributed by atoms with Crippen LogP contribution in [0.5, 0.6) is 0 Å². The van der Waals surface area contributed by atoms with E-state index in [9.17, 15) is 0 Å². The van der Waals surface area contributed by atoms with Crippen molar-refractivity contribution in [3.05, 3.63) is 0 Å². The first-order valence-corrected chi connectivity index (χ1v) is 9.51. The fraction of sp³-hybridized carbons (Fsp3) is 0.938. The van der Waals surface area contributed by atoms with Crippen LogP contribution in [0, 0.1) is 0 Å². The third-order valence-corrected chi connectivity index (χ3v) is 5.26. The molecule has 0 aromatic rings. The number of nitrogens with one attached hydrogen (secondary N) is 2. The second-order valence-electron chi connectivity index (χ2n) is 5.89. The average molecular weight is 442 g/mol. The number of unbranched alkanes of at least 4 members (excludes halogenated alkanes) is 1. The van der Waals surface area contributed by atoms with Gasteiger partial charge in [0, 0.05) is 31.4 Å². The first-order chi connectivity index (χ1) is 10.2. The molecule has 1 rings (SSSR count). The summed E-state index contributed by atoms with van der Waals surface area (Å²) in [5, 5.41) is 7.86. The number of guanidine groups is 1. The monoisotopic (exact) mass is 442 g/mol. The fourth-order valence-corrected chi connectivity index (χ4v) is 3.89. The highest BCUT2D eigenvalue weighted by Crippen LogP contribution is 2.29. The summed E-state index contributed by atoms with van der Waals surface area (Å²) in [6.07, 6.45) is 6.43. The molecule has 0 aromatic heterocycles. The number of hydrogen-bond donors (Lipinski definition) is 2. The first-order valence-electron chi connectivity index (χ1n) is 8.46. The molecule has 0 bridgehead atoms. The minimum Gasteiger partial charge on any atom is -0.355 e. The van der Waals surface area contributed by atoms with Gasteiger partial charge in [-0.25, -0.2) is 0 Å². The van der Waals surface area contributed by atoms with Gasteiger partial charge in [-0.1, -0.05) is 20.3 Å². The Hall–Kier alpha value is 0.310. The van der Waals surface area contributed by atoms with Crippen LogP contribution in [-0.4, -0.2) is 61.6 Å². The number of thioether (sulfide) groups is 1. The number of aliphatic imine (C=N–C) groups is 1. The minimum absolute atomic E-state index is 0. The summed E-state index contributed by atoms with van der Waals surface area (Å²) >= 11 is 2.10. The van der Waals surface area contributed by atoms with Crippen molar-refractivity contribution in [2.45, 2.75) is 57.2 Å². The third kappa shape index (κ3) is 9.45. The molecule has 2 atom stereocenters. The highest BCUT2D eigenvalue weighted by molar-refractivity contribution is 14.0. The molecule has 1 aliphatic rings. The SMILES string of the molecule is CCCCN(C)CCNC(=NC)NC1CCC(SCC)C1.I. The lowest BCUT2D eigenvalue weighted by molar-refractivity contribution is 0.332. The molecule has 0 amide bonds. The van der Waals surface area contributed by atoms with Gasteiger partial charge in [0.05, 0.1) is 0 Å². The molecule has 2 unspecified atom stereocenters. The predicted molar refractivity (Wildman–Crippen MR) is 112 cm³/mol. The maximum Gasteiger partial charge on any atom is 0.191 e. The van der Waals surface area contributed by atoms with Gasteiger partial charge in [0.15, 0.2) is 5.96 Å². The number of hydrogen-bond acceptors (Lipinski definition) is 3. The van der Waals surface area contributed by atoms with Crippen LogP contribution in [-0.2, 0) is 0 Å². The summed E-state index contributed by atoms with van der Waals surface area (Å²) in [7, 11) is 4.06. The summed E-state index contributed by atoms with van der Waals surface area (Å²) in [5.41, 5.74) is 0. The molecule has 6 heteroatoms. The van der Waals surface area contributed by atoms with Crippen LogP contribution >= 0.6 is 35.7 Å². The Balaban J connectivity index is 0.00000441. The van der Waals surface area contributed by atoms with E-state index in [-0.39, 0.29) is 24.0 Å². The van der Waals surface area contributed by atoms with Crippen molar-refractivity contribution in [3.8, 4) is 0 Å². The Morgan fingerprint density at radius 3 is 2.68 bits per heavy atom. The van der Waals surface area contributed by atoms with Crippen LogP contribution in [0.1, 0.15) is 46.0 Å². The quantitative estimate of drug-likeness (QED) is 0.327. The van der Waals surface area contributed by atoms with E-state index in [1.165, 1.54) is 44.4 Å². The van der Waals surface area contributed by atoms with Crippen molar-refractivity contribution < 1.29 is 0 Å². The summed E-state index contributed by atoms with van der Waals surface area (Å²) < 4.78 is 0. The highest BCUT2D eigenvalue weighted by atomic mass is 127. The molecule has 1 saturated carbocycles. The Labute approximate surface area is 158 Å². The van der Waals surface area contributed by atoms with Gasteiger partial charge in [-0.2, -0.15) is 11.8 Å². The van der Waals surface area contributed by atoms with Gasteiger partial charge >= 0.3 is 0 Å². The Bertz CT molecular complexity index is 302. The van der Waals surface area contributed by atoms with E-state index in [0.29, 0.717) is 6.04 Å². The molecular formula is C16H35IN4S. The van der Waals surface area contributed by atoms with E-state index in [0.717, 1.165) is 24.3 Å². The maximum atomic E-state index is 4.35. The summed E-state index contributed by atoms with van der Waals surface area (Å²) in [6.45, 7) is 7.70. The Morgan fingerprint density at radius 2 is 2.05 bits per heavy atom. The molecule has 1 aliphatic carbocycles. The molecule has 2 N–H and O–H groups in total. The molecule has 0 saturated heterocycles. The molecule has 0 aliphatic heterocycles. The average Bonchev–Trinajstić information content (AvgIpc) is 2.91. The number of likely N-dealkylation sites (N-methyl/N-ethyl adjacent to an activating group) is 1. The lowest BCUT2D eigenvalue weighted by atomic mass is 10.2. The van der Waals surface area contributed by atoms with E-state index in [2.05, 4.69) is 53.2 Å². The van der Waals surface area contributed by atoms with Crippen LogP contribution in [0.4, 0.5) is 0 Å². The largest absolute Gasteiger partial charge is 0.355 e. The van der Waals surface area contributed by atoms with Gasteiger partial charge in [0.25, 0.3) is 0 Å². The predicted octanol–water partition coefficient (Wildman–Crippen LogP) is 3.18. The highest BCUT2D eigenvalue weighted by Gasteiger charge is 2.24. The zero-order valence-corrected chi connectivity index (χ0v) is 17.9. The summed E-state index contributed by atoms with van der Waals surface area (Å²) in [4.78, 5) is 6.73. The van der Waals surface area contributed by atoms with E-state index in [1.54, 1.807) is 0 Å². The molecule has 0 aromatic carbocycles. The van der Waals surface area contributed by atoms with E-state index in [1.807, 2.05) is 7.05 Å². The lowest BCUT2D eigenvalue weighted by Crippen LogP contribution is -2.44. The van der Waals surface area contributed by atoms with Gasteiger partial charge in [0.1, 0.15) is 0 Å². The molecule has 0 radical (unpaired) electrons. The molecule has 0 spiro atoms. The Kier molecular flexibility index (Phi) is 13.9. The number of halogens is 1. The van der Waals surface area contributed by atoms with Crippen molar-refractivity contribution in [1.82, 2.24) is 15.5 Å². The fourth-order valence-electron chi connectivity index (χ4n) is 2.75. The van der Waals surface area contributed by atoms with E-state index in [4.69, 9.17) is 0 Å². The van der Waals surface area contributed by atoms with Crippen LogP contribution in [0.2, 0.25) is 0 Å². The lowest BCUT2D eigenvalue weighted by Gasteiger charge is -2.20. The zero-order chi connectivity index (χ0) is 15.5. The van der Waals surface area contributed by atoms with Crippen molar-refractivity contribution in [1.29, 1.82) is 0 Å². The van der Waals surface area contributed by atoms with Crippen molar-refractivity contribution in [2.24, 2.45) is 4.99 Å². The smallest absolute Gasteiger partial charge is 0.191 e. The molecule has 4 nitrogen and oxygen atoms in total. The summed E-state index contributed by atoms with van der Waals surface area (Å²) in [5.74, 6) is 2.19. The molecule has 0 heterocycles. The van der Waals surface area contributed by atoms with Crippen molar-refractivity contribution >= 4 is 41.7 Å². The molecule has 22 heavy (non-hydrogen) atoms. The standard InChI is InChI=1S/C16H34N4S.HI/c1-5-7-11-20(4)12-10-18-16(17-3)19-14-8-9-15(13-14)21-6-2;/h14-15H,5-13H2,1-4H3,(H2,17,18,19);1H. The number of nitrogens with zero attached hydrogens (tertiary/aromatic N) is 2. The number of rotatable bonds is 9. The second-order valence-corrected chi connectivity index (χ2v) is 7.46. The van der Waals surface area contributed by atoms with Gasteiger partial charge in [-0.05, 0) is 45.0 Å². The first kappa shape index (κ1) is 22.3. The van der Waals surface area contributed by atoms with E-state index >= 15 is 0 Å². The molecule has 1 fully saturated rings. The normalized spacial score (nSPS) is 21.8. The van der Waals surface area contributed by atoms with Gasteiger partial charge in [0.2, 0.25) is 0 Å². The summed E-state index contributed by atoms with van der Waals surface area (Å²) in [6, 6.07) is 0.595. The van der Waals surface area contributed by atoms with Crippen molar-refractivity contribution in [3.63, 3.8) is 0 Å². The topological polar surface area (TPSA) is 39.7 Å². The zero-order valence-electron chi connectivity index (χ0n) is 14.7. The van der Waals surface area contributed by atoms with Gasteiger partial charge in [-0.15, -0.1) is 24.0 Å². The van der Waals surface area contributed by atoms with Crippen LogP contribution in [0.15, 0.2) is 4.99 Å². The molecular weight excluding hydrogens is 407 g/mol. The van der Waals surface area contributed by atoms with Crippen LogP contribution in [0.3, 0.4) is 0 Å². The Morgan fingerprint density at radius 1 is 1.27 bits per heavy atom. The van der Waals surface area contributed by atoms with E-state index < -0.39 is 0 Å². The van der Waals surface area contributed by atoms with Gasteiger partial charge in [-0.3, -0.25) is 4.99 Å². The minimum atomic E-state index is 0. The third-order valence-electron chi connectivity index (χ3n) is 4.03. The van der Waals surface area contributed by atoms with Crippen LogP contribution in [0.25, 0.3) is 0 Å². The van der Waals surface area contributed by atoms with Crippen LogP contribution < -0.4 is 10.6 Å². The van der Waals surface area contributed by atoms with Gasteiger partial charge < -0.3 is 15.5 Å². The maximum absolute atomic E-state index is 4.35. The molecule has 132 valence electrons.